The minimum Gasteiger partial charge on any atom is -0.301 e. The van der Waals surface area contributed by atoms with Crippen LogP contribution < -0.4 is 0 Å². The molecule has 0 amide bonds. The van der Waals surface area contributed by atoms with Gasteiger partial charge in [-0.2, -0.15) is 0 Å². The summed E-state index contributed by atoms with van der Waals surface area (Å²) in [5, 5.41) is 0. The summed E-state index contributed by atoms with van der Waals surface area (Å²) in [6.45, 7) is 6.39. The van der Waals surface area contributed by atoms with Crippen molar-refractivity contribution >= 4 is 5.65 Å². The van der Waals surface area contributed by atoms with Crippen molar-refractivity contribution in [3.8, 4) is 0 Å². The highest BCUT2D eigenvalue weighted by molar-refractivity contribution is 5.45. The van der Waals surface area contributed by atoms with E-state index in [0.717, 1.165) is 12.1 Å². The Kier molecular flexibility index (Phi) is 1.83. The molecule has 2 heterocycles. The summed E-state index contributed by atoms with van der Waals surface area (Å²) in [6, 6.07) is 4.31. The SMILES string of the molecule is CCc1cnc2cc(C)cc(C)n12. The third-order valence-corrected chi connectivity index (χ3v) is 2.37. The highest BCUT2D eigenvalue weighted by Gasteiger charge is 2.03. The fourth-order valence-electron chi connectivity index (χ4n) is 1.80. The van der Waals surface area contributed by atoms with E-state index >= 15 is 0 Å². The van der Waals surface area contributed by atoms with Gasteiger partial charge in [0.15, 0.2) is 0 Å². The van der Waals surface area contributed by atoms with Crippen molar-refractivity contribution < 1.29 is 0 Å². The van der Waals surface area contributed by atoms with Crippen LogP contribution >= 0.6 is 0 Å². The molecule has 13 heavy (non-hydrogen) atoms. The van der Waals surface area contributed by atoms with E-state index in [9.17, 15) is 0 Å². The van der Waals surface area contributed by atoms with Crippen LogP contribution in [-0.2, 0) is 6.42 Å². The zero-order valence-electron chi connectivity index (χ0n) is 8.33. The third-order valence-electron chi connectivity index (χ3n) is 2.37. The van der Waals surface area contributed by atoms with E-state index in [2.05, 4.69) is 42.3 Å². The molecule has 0 unspecified atom stereocenters. The molecular formula is C11H14N2. The number of nitrogens with zero attached hydrogens (tertiary/aromatic N) is 2. The van der Waals surface area contributed by atoms with E-state index in [1.165, 1.54) is 17.0 Å². The van der Waals surface area contributed by atoms with Gasteiger partial charge in [0.1, 0.15) is 5.65 Å². The molecule has 0 saturated carbocycles. The van der Waals surface area contributed by atoms with Gasteiger partial charge in [-0.05, 0) is 38.0 Å². The van der Waals surface area contributed by atoms with Crippen LogP contribution in [0, 0.1) is 13.8 Å². The van der Waals surface area contributed by atoms with Gasteiger partial charge >= 0.3 is 0 Å². The maximum Gasteiger partial charge on any atom is 0.137 e. The molecule has 0 radical (unpaired) electrons. The van der Waals surface area contributed by atoms with Crippen molar-refractivity contribution in [1.82, 2.24) is 9.38 Å². The maximum absolute atomic E-state index is 4.37. The second kappa shape index (κ2) is 2.87. The molecule has 2 aromatic heterocycles. The first-order chi connectivity index (χ1) is 6.22. The lowest BCUT2D eigenvalue weighted by Crippen LogP contribution is -1.96. The molecule has 2 aromatic rings. The molecule has 2 heteroatoms. The molecule has 0 fully saturated rings. The van der Waals surface area contributed by atoms with Crippen molar-refractivity contribution in [2.45, 2.75) is 27.2 Å². The van der Waals surface area contributed by atoms with E-state index in [1.54, 1.807) is 0 Å². The van der Waals surface area contributed by atoms with Crippen LogP contribution in [0.15, 0.2) is 18.3 Å². The monoisotopic (exact) mass is 174 g/mol. The number of aryl methyl sites for hydroxylation is 3. The summed E-state index contributed by atoms with van der Waals surface area (Å²) >= 11 is 0. The van der Waals surface area contributed by atoms with E-state index < -0.39 is 0 Å². The minimum atomic E-state index is 1.03. The van der Waals surface area contributed by atoms with E-state index in [4.69, 9.17) is 0 Å². The summed E-state index contributed by atoms with van der Waals surface area (Å²) in [5.41, 5.74) is 4.89. The van der Waals surface area contributed by atoms with Crippen molar-refractivity contribution in [1.29, 1.82) is 0 Å². The molecular weight excluding hydrogens is 160 g/mol. The Labute approximate surface area is 78.2 Å². The molecule has 0 N–H and O–H groups in total. The van der Waals surface area contributed by atoms with E-state index in [0.29, 0.717) is 0 Å². The van der Waals surface area contributed by atoms with Crippen molar-refractivity contribution in [3.63, 3.8) is 0 Å². The molecule has 0 atom stereocenters. The highest BCUT2D eigenvalue weighted by Crippen LogP contribution is 2.13. The lowest BCUT2D eigenvalue weighted by molar-refractivity contribution is 0.957. The van der Waals surface area contributed by atoms with Crippen LogP contribution in [0.25, 0.3) is 5.65 Å². The van der Waals surface area contributed by atoms with Gasteiger partial charge < -0.3 is 4.40 Å². The van der Waals surface area contributed by atoms with Crippen molar-refractivity contribution in [2.75, 3.05) is 0 Å². The highest BCUT2D eigenvalue weighted by atomic mass is 15.0. The van der Waals surface area contributed by atoms with Crippen LogP contribution in [0.2, 0.25) is 0 Å². The van der Waals surface area contributed by atoms with Crippen molar-refractivity contribution in [3.05, 3.63) is 35.3 Å². The first-order valence-electron chi connectivity index (χ1n) is 4.66. The first-order valence-corrected chi connectivity index (χ1v) is 4.66. The molecule has 0 aromatic carbocycles. The maximum atomic E-state index is 4.37. The van der Waals surface area contributed by atoms with E-state index in [1.807, 2.05) is 6.20 Å². The minimum absolute atomic E-state index is 1.03. The quantitative estimate of drug-likeness (QED) is 0.649. The molecule has 0 aliphatic rings. The topological polar surface area (TPSA) is 17.3 Å². The Morgan fingerprint density at radius 3 is 2.77 bits per heavy atom. The summed E-state index contributed by atoms with van der Waals surface area (Å²) < 4.78 is 2.22. The molecule has 2 rings (SSSR count). The van der Waals surface area contributed by atoms with Gasteiger partial charge in [0.05, 0.1) is 0 Å². The summed E-state index contributed by atoms with van der Waals surface area (Å²) in [4.78, 5) is 4.37. The Morgan fingerprint density at radius 1 is 1.31 bits per heavy atom. The summed E-state index contributed by atoms with van der Waals surface area (Å²) in [6.07, 6.45) is 2.99. The number of aromatic nitrogens is 2. The molecule has 0 aliphatic carbocycles. The number of hydrogen-bond acceptors (Lipinski definition) is 1. The Morgan fingerprint density at radius 2 is 2.08 bits per heavy atom. The van der Waals surface area contributed by atoms with E-state index in [-0.39, 0.29) is 0 Å². The number of hydrogen-bond donors (Lipinski definition) is 0. The zero-order valence-corrected chi connectivity index (χ0v) is 8.33. The molecule has 68 valence electrons. The number of rotatable bonds is 1. The second-order valence-corrected chi connectivity index (χ2v) is 3.47. The Hall–Kier alpha value is -1.31. The summed E-state index contributed by atoms with van der Waals surface area (Å²) in [7, 11) is 0. The van der Waals surface area contributed by atoms with Crippen LogP contribution in [0.3, 0.4) is 0 Å². The molecule has 2 nitrogen and oxygen atoms in total. The lowest BCUT2D eigenvalue weighted by Gasteiger charge is -2.04. The van der Waals surface area contributed by atoms with Gasteiger partial charge in [-0.15, -0.1) is 0 Å². The number of fused-ring (bicyclic) bond motifs is 1. The van der Waals surface area contributed by atoms with Gasteiger partial charge in [-0.25, -0.2) is 4.98 Å². The number of pyridine rings is 1. The van der Waals surface area contributed by atoms with Gasteiger partial charge in [0, 0.05) is 17.6 Å². The van der Waals surface area contributed by atoms with Crippen molar-refractivity contribution in [2.24, 2.45) is 0 Å². The first kappa shape index (κ1) is 8.30. The van der Waals surface area contributed by atoms with Crippen LogP contribution in [-0.4, -0.2) is 9.38 Å². The largest absolute Gasteiger partial charge is 0.301 e. The smallest absolute Gasteiger partial charge is 0.137 e. The van der Waals surface area contributed by atoms with Gasteiger partial charge in [-0.3, -0.25) is 0 Å². The average molecular weight is 174 g/mol. The predicted octanol–water partition coefficient (Wildman–Crippen LogP) is 2.51. The fraction of sp³-hybridized carbons (Fsp3) is 0.364. The van der Waals surface area contributed by atoms with Gasteiger partial charge in [-0.1, -0.05) is 6.92 Å². The second-order valence-electron chi connectivity index (χ2n) is 3.47. The standard InChI is InChI=1S/C11H14N2/c1-4-10-7-12-11-6-8(2)5-9(3)13(10)11/h5-7H,4H2,1-3H3. The molecule has 0 bridgehead atoms. The third kappa shape index (κ3) is 1.22. The lowest BCUT2D eigenvalue weighted by atomic mass is 10.2. The van der Waals surface area contributed by atoms with Crippen LogP contribution in [0.5, 0.6) is 0 Å². The fourth-order valence-corrected chi connectivity index (χ4v) is 1.80. The molecule has 0 saturated heterocycles. The zero-order chi connectivity index (χ0) is 9.42. The Balaban J connectivity index is 2.82. The predicted molar refractivity (Wildman–Crippen MR) is 54.0 cm³/mol. The molecule has 0 spiro atoms. The van der Waals surface area contributed by atoms with Crippen LogP contribution in [0.4, 0.5) is 0 Å². The van der Waals surface area contributed by atoms with Crippen LogP contribution in [0.1, 0.15) is 23.9 Å². The van der Waals surface area contributed by atoms with Gasteiger partial charge in [0.25, 0.3) is 0 Å². The number of imidazole rings is 1. The normalized spacial score (nSPS) is 11.0. The average Bonchev–Trinajstić information content (AvgIpc) is 2.47. The van der Waals surface area contributed by atoms with Gasteiger partial charge in [0.2, 0.25) is 0 Å². The molecule has 0 aliphatic heterocycles. The Bertz CT molecular complexity index is 441. The summed E-state index contributed by atoms with van der Waals surface area (Å²) in [5.74, 6) is 0.